The molecule has 1 fully saturated rings. The van der Waals surface area contributed by atoms with Crippen molar-refractivity contribution in [1.29, 1.82) is 0 Å². The highest BCUT2D eigenvalue weighted by Crippen LogP contribution is 2.30. The average Bonchev–Trinajstić information content (AvgIpc) is 3.40. The number of piperazine rings is 1. The lowest BCUT2D eigenvalue weighted by Gasteiger charge is -2.36. The van der Waals surface area contributed by atoms with Crippen LogP contribution < -0.4 is 20.3 Å². The molecule has 2 heterocycles. The number of halogens is 2. The van der Waals surface area contributed by atoms with Crippen molar-refractivity contribution in [1.82, 2.24) is 10.2 Å². The minimum Gasteiger partial charge on any atom is -0.493 e. The SMILES string of the molecule is CCOc1ccc(C(=O)NC(=S)Nc2ccc(N3CCN(C(=O)c4cccs4)CC3)c(Cl)c2)cc1Br. The smallest absolute Gasteiger partial charge is 0.264 e. The monoisotopic (exact) mass is 606 g/mol. The number of thiophene rings is 1. The lowest BCUT2D eigenvalue weighted by molar-refractivity contribution is 0.0751. The minimum atomic E-state index is -0.339. The van der Waals surface area contributed by atoms with E-state index in [0.717, 1.165) is 10.6 Å². The molecule has 1 aliphatic heterocycles. The average molecular weight is 608 g/mol. The number of rotatable bonds is 6. The van der Waals surface area contributed by atoms with E-state index >= 15 is 0 Å². The van der Waals surface area contributed by atoms with Crippen LogP contribution in [0.2, 0.25) is 5.02 Å². The van der Waals surface area contributed by atoms with Crippen LogP contribution in [-0.4, -0.2) is 54.6 Å². The highest BCUT2D eigenvalue weighted by Gasteiger charge is 2.24. The van der Waals surface area contributed by atoms with Crippen molar-refractivity contribution in [2.45, 2.75) is 6.92 Å². The number of carbonyl (C=O) groups excluding carboxylic acids is 2. The predicted molar refractivity (Wildman–Crippen MR) is 153 cm³/mol. The van der Waals surface area contributed by atoms with Gasteiger partial charge in [0, 0.05) is 37.4 Å². The van der Waals surface area contributed by atoms with Gasteiger partial charge in [-0.05, 0) is 82.9 Å². The van der Waals surface area contributed by atoms with Crippen LogP contribution in [0.15, 0.2) is 58.4 Å². The summed E-state index contributed by atoms with van der Waals surface area (Å²) in [4.78, 5) is 30.0. The molecule has 0 unspecified atom stereocenters. The summed E-state index contributed by atoms with van der Waals surface area (Å²) in [6, 6.07) is 14.4. The third kappa shape index (κ3) is 6.36. The van der Waals surface area contributed by atoms with E-state index in [-0.39, 0.29) is 16.9 Å². The van der Waals surface area contributed by atoms with Gasteiger partial charge in [0.2, 0.25) is 0 Å². The van der Waals surface area contributed by atoms with Gasteiger partial charge in [-0.15, -0.1) is 11.3 Å². The second-order valence-electron chi connectivity index (χ2n) is 7.91. The summed E-state index contributed by atoms with van der Waals surface area (Å²) in [6.45, 7) is 5.07. The molecule has 2 amide bonds. The summed E-state index contributed by atoms with van der Waals surface area (Å²) in [5.74, 6) is 0.400. The number of nitrogens with zero attached hydrogens (tertiary/aromatic N) is 2. The van der Waals surface area contributed by atoms with Gasteiger partial charge in [-0.1, -0.05) is 17.7 Å². The molecule has 36 heavy (non-hydrogen) atoms. The fourth-order valence-corrected chi connectivity index (χ4v) is 5.49. The van der Waals surface area contributed by atoms with E-state index in [1.165, 1.54) is 11.3 Å². The third-order valence-corrected chi connectivity index (χ3v) is 7.55. The van der Waals surface area contributed by atoms with Gasteiger partial charge in [-0.2, -0.15) is 0 Å². The summed E-state index contributed by atoms with van der Waals surface area (Å²) in [5.41, 5.74) is 1.99. The van der Waals surface area contributed by atoms with Crippen LogP contribution in [-0.2, 0) is 0 Å². The second-order valence-corrected chi connectivity index (χ2v) is 10.5. The normalized spacial score (nSPS) is 13.3. The molecule has 0 radical (unpaired) electrons. The minimum absolute atomic E-state index is 0.0726. The molecule has 0 atom stereocenters. The van der Waals surface area contributed by atoms with Crippen LogP contribution in [0.4, 0.5) is 11.4 Å². The summed E-state index contributed by atoms with van der Waals surface area (Å²) in [7, 11) is 0. The van der Waals surface area contributed by atoms with Crippen LogP contribution in [0.1, 0.15) is 27.0 Å². The van der Waals surface area contributed by atoms with E-state index in [1.54, 1.807) is 24.3 Å². The number of thiocarbonyl (C=S) groups is 1. The molecule has 3 aromatic rings. The van der Waals surface area contributed by atoms with Crippen LogP contribution >= 0.6 is 51.1 Å². The Bertz CT molecular complexity index is 1260. The summed E-state index contributed by atoms with van der Waals surface area (Å²) >= 11 is 16.8. The zero-order chi connectivity index (χ0) is 25.7. The topological polar surface area (TPSA) is 73.9 Å². The van der Waals surface area contributed by atoms with Crippen molar-refractivity contribution < 1.29 is 14.3 Å². The van der Waals surface area contributed by atoms with Gasteiger partial charge in [-0.3, -0.25) is 14.9 Å². The van der Waals surface area contributed by atoms with Crippen molar-refractivity contribution in [2.75, 3.05) is 43.0 Å². The lowest BCUT2D eigenvalue weighted by atomic mass is 10.2. The fraction of sp³-hybridized carbons (Fsp3) is 0.240. The van der Waals surface area contributed by atoms with Crippen molar-refractivity contribution in [3.8, 4) is 5.75 Å². The highest BCUT2D eigenvalue weighted by atomic mass is 79.9. The molecule has 1 aliphatic rings. The Morgan fingerprint density at radius 2 is 1.92 bits per heavy atom. The zero-order valence-corrected chi connectivity index (χ0v) is 23.4. The maximum atomic E-state index is 12.6. The Hall–Kier alpha value is -2.66. The molecule has 11 heteroatoms. The fourth-order valence-electron chi connectivity index (χ4n) is 3.80. The van der Waals surface area contributed by atoms with Gasteiger partial charge in [0.05, 0.1) is 26.7 Å². The van der Waals surface area contributed by atoms with E-state index in [0.29, 0.717) is 59.3 Å². The van der Waals surface area contributed by atoms with Gasteiger partial charge in [0.15, 0.2) is 5.11 Å². The Kier molecular flexibility index (Phi) is 8.84. The number of carbonyl (C=O) groups is 2. The molecule has 1 aromatic heterocycles. The Labute approximate surface area is 232 Å². The number of amides is 2. The lowest BCUT2D eigenvalue weighted by Crippen LogP contribution is -2.48. The van der Waals surface area contributed by atoms with Gasteiger partial charge in [0.25, 0.3) is 11.8 Å². The molecule has 2 aromatic carbocycles. The van der Waals surface area contributed by atoms with Crippen LogP contribution in [0, 0.1) is 0 Å². The molecule has 0 aliphatic carbocycles. The van der Waals surface area contributed by atoms with Crippen molar-refractivity contribution in [3.05, 3.63) is 73.8 Å². The van der Waals surface area contributed by atoms with Crippen LogP contribution in [0.3, 0.4) is 0 Å². The number of hydrogen-bond donors (Lipinski definition) is 2. The molecule has 0 bridgehead atoms. The van der Waals surface area contributed by atoms with Crippen LogP contribution in [0.25, 0.3) is 0 Å². The molecule has 4 rings (SSSR count). The Morgan fingerprint density at radius 1 is 1.14 bits per heavy atom. The zero-order valence-electron chi connectivity index (χ0n) is 19.4. The first-order chi connectivity index (χ1) is 17.4. The maximum absolute atomic E-state index is 12.6. The molecule has 1 saturated heterocycles. The van der Waals surface area contributed by atoms with Crippen molar-refractivity contribution >= 4 is 79.4 Å². The predicted octanol–water partition coefficient (Wildman–Crippen LogP) is 5.65. The standard InChI is InChI=1S/C25H24BrClN4O3S2/c1-2-34-21-8-5-16(14-18(21)26)23(32)29-25(35)28-17-6-7-20(19(27)15-17)30-9-11-31(12-10-30)24(33)22-4-3-13-36-22/h3-8,13-15H,2,9-12H2,1H3,(H2,28,29,32,35). The first-order valence-electron chi connectivity index (χ1n) is 11.3. The van der Waals surface area contributed by atoms with E-state index < -0.39 is 0 Å². The third-order valence-electron chi connectivity index (χ3n) is 5.57. The maximum Gasteiger partial charge on any atom is 0.264 e. The van der Waals surface area contributed by atoms with Gasteiger partial charge >= 0.3 is 0 Å². The molecule has 2 N–H and O–H groups in total. The Balaban J connectivity index is 1.32. The molecular formula is C25H24BrClN4O3S2. The number of anilines is 2. The van der Waals surface area contributed by atoms with Crippen molar-refractivity contribution in [3.63, 3.8) is 0 Å². The van der Waals surface area contributed by atoms with Gasteiger partial charge in [-0.25, -0.2) is 0 Å². The summed E-state index contributed by atoms with van der Waals surface area (Å²) in [5, 5.41) is 8.31. The summed E-state index contributed by atoms with van der Waals surface area (Å²) < 4.78 is 6.17. The molecule has 188 valence electrons. The number of ether oxygens (including phenoxy) is 1. The largest absolute Gasteiger partial charge is 0.493 e. The van der Waals surface area contributed by atoms with E-state index in [9.17, 15) is 9.59 Å². The van der Waals surface area contributed by atoms with Gasteiger partial charge in [0.1, 0.15) is 5.75 Å². The number of benzene rings is 2. The van der Waals surface area contributed by atoms with Crippen molar-refractivity contribution in [2.24, 2.45) is 0 Å². The van der Waals surface area contributed by atoms with E-state index in [1.807, 2.05) is 41.5 Å². The highest BCUT2D eigenvalue weighted by molar-refractivity contribution is 9.10. The molecule has 0 spiro atoms. The first kappa shape index (κ1) is 26.4. The summed E-state index contributed by atoms with van der Waals surface area (Å²) in [6.07, 6.45) is 0. The quantitative estimate of drug-likeness (QED) is 0.353. The molecule has 7 nitrogen and oxygen atoms in total. The second kappa shape index (κ2) is 12.1. The van der Waals surface area contributed by atoms with Crippen LogP contribution in [0.5, 0.6) is 5.75 Å². The van der Waals surface area contributed by atoms with E-state index in [2.05, 4.69) is 31.5 Å². The number of hydrogen-bond acceptors (Lipinski definition) is 6. The van der Waals surface area contributed by atoms with E-state index in [4.69, 9.17) is 28.6 Å². The molecule has 0 saturated carbocycles. The van der Waals surface area contributed by atoms with Gasteiger partial charge < -0.3 is 19.9 Å². The molecular weight excluding hydrogens is 584 g/mol. The Morgan fingerprint density at radius 3 is 2.56 bits per heavy atom. The first-order valence-corrected chi connectivity index (χ1v) is 13.7. The number of nitrogens with one attached hydrogen (secondary N) is 2.